The molecule has 0 spiro atoms. The molecule has 6 nitrogen and oxygen atoms in total. The second kappa shape index (κ2) is 4.46. The number of phenols is 1. The topological polar surface area (TPSA) is 78.6 Å². The van der Waals surface area contributed by atoms with Gasteiger partial charge in [-0.1, -0.05) is 12.1 Å². The summed E-state index contributed by atoms with van der Waals surface area (Å²) in [6, 6.07) is 5.48. The largest absolute Gasteiger partial charge is 0.506 e. The number of amides is 1. The Bertz CT molecular complexity index is 615. The average Bonchev–Trinajstić information content (AvgIpc) is 2.84. The number of rotatable bonds is 1. The van der Waals surface area contributed by atoms with Gasteiger partial charge in [-0.2, -0.15) is 5.10 Å². The first-order valence-corrected chi connectivity index (χ1v) is 6.30. The van der Waals surface area contributed by atoms with E-state index >= 15 is 0 Å². The predicted octanol–water partition coefficient (Wildman–Crippen LogP) is 2.06. The summed E-state index contributed by atoms with van der Waals surface area (Å²) in [5.41, 5.74) is 0.733. The van der Waals surface area contributed by atoms with Gasteiger partial charge >= 0.3 is 6.09 Å². The van der Waals surface area contributed by atoms with E-state index in [0.29, 0.717) is 13.1 Å². The number of carboxylic acid groups (broad SMARTS) is 1. The third kappa shape index (κ3) is 1.99. The molecule has 2 aromatic rings. The zero-order valence-electron chi connectivity index (χ0n) is 10.4. The Labute approximate surface area is 109 Å². The summed E-state index contributed by atoms with van der Waals surface area (Å²) in [5.74, 6) is 0.218. The van der Waals surface area contributed by atoms with Gasteiger partial charge in [-0.15, -0.1) is 0 Å². The normalized spacial score (nSPS) is 16.9. The molecule has 1 aliphatic heterocycles. The van der Waals surface area contributed by atoms with E-state index in [1.165, 1.54) is 4.90 Å². The van der Waals surface area contributed by atoms with Crippen LogP contribution in [-0.4, -0.2) is 44.1 Å². The summed E-state index contributed by atoms with van der Waals surface area (Å²) >= 11 is 0. The molecular weight excluding hydrogens is 246 g/mol. The average molecular weight is 261 g/mol. The van der Waals surface area contributed by atoms with E-state index in [0.717, 1.165) is 23.7 Å². The van der Waals surface area contributed by atoms with Gasteiger partial charge in [0.05, 0.1) is 12.2 Å². The third-order valence-corrected chi connectivity index (χ3v) is 3.68. The van der Waals surface area contributed by atoms with Crippen LogP contribution in [0.2, 0.25) is 0 Å². The van der Waals surface area contributed by atoms with Gasteiger partial charge in [-0.25, -0.2) is 4.79 Å². The van der Waals surface area contributed by atoms with E-state index < -0.39 is 6.09 Å². The number of carbonyl (C=O) groups is 1. The van der Waals surface area contributed by atoms with Crippen LogP contribution in [-0.2, 0) is 0 Å². The molecule has 0 aliphatic carbocycles. The lowest BCUT2D eigenvalue weighted by atomic mass is 10.1. The maximum Gasteiger partial charge on any atom is 0.407 e. The maximum absolute atomic E-state index is 10.9. The van der Waals surface area contributed by atoms with Crippen molar-refractivity contribution in [2.24, 2.45) is 0 Å². The van der Waals surface area contributed by atoms with Gasteiger partial charge in [-0.3, -0.25) is 4.68 Å². The number of phenolic OH excluding ortho intramolecular Hbond substituents is 1. The van der Waals surface area contributed by atoms with Crippen LogP contribution in [0.1, 0.15) is 18.9 Å². The molecule has 1 aromatic heterocycles. The highest BCUT2D eigenvalue weighted by atomic mass is 16.4. The predicted molar refractivity (Wildman–Crippen MR) is 69.3 cm³/mol. The molecular formula is C13H15N3O3. The SMILES string of the molecule is O=C(O)N1CCC(n2ncc3cccc(O)c32)CC1. The van der Waals surface area contributed by atoms with Gasteiger partial charge in [0, 0.05) is 18.5 Å². The number of aromatic nitrogens is 2. The summed E-state index contributed by atoms with van der Waals surface area (Å²) < 4.78 is 1.82. The number of aromatic hydroxyl groups is 1. The molecule has 19 heavy (non-hydrogen) atoms. The Morgan fingerprint density at radius 3 is 2.74 bits per heavy atom. The van der Waals surface area contributed by atoms with Crippen molar-refractivity contribution in [3.63, 3.8) is 0 Å². The summed E-state index contributed by atoms with van der Waals surface area (Å²) in [6.45, 7) is 1.02. The molecule has 0 radical (unpaired) electrons. The second-order valence-electron chi connectivity index (χ2n) is 4.80. The Morgan fingerprint density at radius 1 is 1.32 bits per heavy atom. The molecule has 3 rings (SSSR count). The third-order valence-electron chi connectivity index (χ3n) is 3.68. The molecule has 1 aromatic carbocycles. The molecule has 0 bridgehead atoms. The zero-order chi connectivity index (χ0) is 13.4. The van der Waals surface area contributed by atoms with E-state index in [9.17, 15) is 9.90 Å². The minimum atomic E-state index is -0.869. The number of benzene rings is 1. The Hall–Kier alpha value is -2.24. The molecule has 0 unspecified atom stereocenters. The van der Waals surface area contributed by atoms with Gasteiger partial charge in [0.15, 0.2) is 0 Å². The van der Waals surface area contributed by atoms with E-state index in [4.69, 9.17) is 5.11 Å². The fourth-order valence-corrected chi connectivity index (χ4v) is 2.66. The van der Waals surface area contributed by atoms with Gasteiger partial charge < -0.3 is 15.1 Å². The molecule has 0 saturated carbocycles. The molecule has 1 aliphatic rings. The molecule has 100 valence electrons. The van der Waals surface area contributed by atoms with E-state index in [2.05, 4.69) is 5.10 Å². The van der Waals surface area contributed by atoms with Crippen molar-refractivity contribution < 1.29 is 15.0 Å². The second-order valence-corrected chi connectivity index (χ2v) is 4.80. The number of para-hydroxylation sites is 1. The highest BCUT2D eigenvalue weighted by molar-refractivity contribution is 5.84. The number of piperidine rings is 1. The molecule has 2 heterocycles. The van der Waals surface area contributed by atoms with Crippen molar-refractivity contribution in [3.05, 3.63) is 24.4 Å². The lowest BCUT2D eigenvalue weighted by Crippen LogP contribution is -2.38. The molecule has 1 amide bonds. The fourth-order valence-electron chi connectivity index (χ4n) is 2.66. The van der Waals surface area contributed by atoms with Gasteiger partial charge in [0.1, 0.15) is 11.3 Å². The first-order valence-electron chi connectivity index (χ1n) is 6.30. The fraction of sp³-hybridized carbons (Fsp3) is 0.385. The summed E-state index contributed by atoms with van der Waals surface area (Å²) in [6.07, 6.45) is 2.31. The lowest BCUT2D eigenvalue weighted by Gasteiger charge is -2.30. The smallest absolute Gasteiger partial charge is 0.407 e. The van der Waals surface area contributed by atoms with Crippen LogP contribution >= 0.6 is 0 Å². The van der Waals surface area contributed by atoms with E-state index in [1.54, 1.807) is 18.3 Å². The van der Waals surface area contributed by atoms with Crippen LogP contribution in [0.4, 0.5) is 4.79 Å². The molecule has 1 fully saturated rings. The Morgan fingerprint density at radius 2 is 2.05 bits per heavy atom. The monoisotopic (exact) mass is 261 g/mol. The number of fused-ring (bicyclic) bond motifs is 1. The van der Waals surface area contributed by atoms with Crippen molar-refractivity contribution in [2.45, 2.75) is 18.9 Å². The number of hydrogen-bond donors (Lipinski definition) is 2. The quantitative estimate of drug-likeness (QED) is 0.823. The van der Waals surface area contributed by atoms with Crippen LogP contribution in [0.5, 0.6) is 5.75 Å². The van der Waals surface area contributed by atoms with Crippen LogP contribution in [0.25, 0.3) is 10.9 Å². The maximum atomic E-state index is 10.9. The van der Waals surface area contributed by atoms with Crippen molar-refractivity contribution >= 4 is 17.0 Å². The Balaban J connectivity index is 1.88. The highest BCUT2D eigenvalue weighted by Crippen LogP contribution is 2.30. The van der Waals surface area contributed by atoms with E-state index in [1.807, 2.05) is 10.7 Å². The van der Waals surface area contributed by atoms with Crippen LogP contribution in [0.3, 0.4) is 0 Å². The van der Waals surface area contributed by atoms with Crippen LogP contribution < -0.4 is 0 Å². The molecule has 1 saturated heterocycles. The number of likely N-dealkylation sites (tertiary alicyclic amines) is 1. The highest BCUT2D eigenvalue weighted by Gasteiger charge is 2.25. The van der Waals surface area contributed by atoms with Crippen molar-refractivity contribution in [1.82, 2.24) is 14.7 Å². The molecule has 2 N–H and O–H groups in total. The first-order chi connectivity index (χ1) is 9.16. The summed E-state index contributed by atoms with van der Waals surface area (Å²) in [5, 5.41) is 24.1. The van der Waals surface area contributed by atoms with Crippen LogP contribution in [0, 0.1) is 0 Å². The van der Waals surface area contributed by atoms with Crippen molar-refractivity contribution in [1.29, 1.82) is 0 Å². The minimum Gasteiger partial charge on any atom is -0.506 e. The minimum absolute atomic E-state index is 0.140. The number of nitrogens with zero attached hydrogens (tertiary/aromatic N) is 3. The first kappa shape index (κ1) is 11.8. The van der Waals surface area contributed by atoms with Gasteiger partial charge in [-0.05, 0) is 18.9 Å². The summed E-state index contributed by atoms with van der Waals surface area (Å²) in [7, 11) is 0. The van der Waals surface area contributed by atoms with Gasteiger partial charge in [0.25, 0.3) is 0 Å². The molecule has 0 atom stereocenters. The molecule has 6 heteroatoms. The van der Waals surface area contributed by atoms with Gasteiger partial charge in [0.2, 0.25) is 0 Å². The standard InChI is InChI=1S/C13H15N3O3/c17-11-3-1-2-9-8-14-16(12(9)11)10-4-6-15(7-5-10)13(18)19/h1-3,8,10,17H,4-7H2,(H,18,19). The zero-order valence-corrected chi connectivity index (χ0v) is 10.4. The van der Waals surface area contributed by atoms with Crippen LogP contribution in [0.15, 0.2) is 24.4 Å². The summed E-state index contributed by atoms with van der Waals surface area (Å²) in [4.78, 5) is 12.3. The lowest BCUT2D eigenvalue weighted by molar-refractivity contribution is 0.124. The van der Waals surface area contributed by atoms with Crippen molar-refractivity contribution in [3.8, 4) is 5.75 Å². The number of hydrogen-bond acceptors (Lipinski definition) is 3. The van der Waals surface area contributed by atoms with Crippen molar-refractivity contribution in [2.75, 3.05) is 13.1 Å². The van der Waals surface area contributed by atoms with E-state index in [-0.39, 0.29) is 11.8 Å². The Kier molecular flexibility index (Phi) is 2.77.